The highest BCUT2D eigenvalue weighted by atomic mass is 16.1. The molecule has 3 aromatic heterocycles. The van der Waals surface area contributed by atoms with Crippen LogP contribution in [0.3, 0.4) is 0 Å². The number of rotatable bonds is 2. The van der Waals surface area contributed by atoms with Crippen LogP contribution in [0.5, 0.6) is 0 Å². The fraction of sp³-hybridized carbons (Fsp3) is 0. The van der Waals surface area contributed by atoms with Crippen LogP contribution in [0, 0.1) is 0 Å². The average molecular weight is 263 g/mol. The fourth-order valence-corrected chi connectivity index (χ4v) is 2.29. The molecule has 1 aromatic carbocycles. The van der Waals surface area contributed by atoms with E-state index in [0.29, 0.717) is 17.2 Å². The molecule has 0 bridgehead atoms. The number of hydrogen-bond acceptors (Lipinski definition) is 4. The molecule has 6 nitrogen and oxygen atoms in total. The second-order valence-corrected chi connectivity index (χ2v) is 4.36. The summed E-state index contributed by atoms with van der Waals surface area (Å²) < 4.78 is 3.32. The van der Waals surface area contributed by atoms with E-state index in [1.54, 1.807) is 15.3 Å². The lowest BCUT2D eigenvalue weighted by molar-refractivity contribution is 0.111. The van der Waals surface area contributed by atoms with Crippen LogP contribution in [-0.2, 0) is 0 Å². The van der Waals surface area contributed by atoms with E-state index in [1.807, 2.05) is 42.5 Å². The molecule has 0 saturated heterocycles. The zero-order chi connectivity index (χ0) is 13.5. The van der Waals surface area contributed by atoms with Gasteiger partial charge in [-0.1, -0.05) is 23.4 Å². The van der Waals surface area contributed by atoms with E-state index in [9.17, 15) is 4.79 Å². The van der Waals surface area contributed by atoms with Crippen LogP contribution in [0.25, 0.3) is 22.5 Å². The smallest absolute Gasteiger partial charge is 0.185 e. The quantitative estimate of drug-likeness (QED) is 0.518. The first kappa shape index (κ1) is 10.9. The van der Waals surface area contributed by atoms with Gasteiger partial charge in [0.15, 0.2) is 12.1 Å². The first-order valence-electron chi connectivity index (χ1n) is 6.11. The minimum Gasteiger partial charge on any atom is -0.296 e. The van der Waals surface area contributed by atoms with Crippen molar-refractivity contribution in [2.45, 2.75) is 0 Å². The predicted octanol–water partition coefficient (Wildman–Crippen LogP) is 1.88. The molecule has 6 heteroatoms. The van der Waals surface area contributed by atoms with E-state index in [2.05, 4.69) is 15.3 Å². The molecule has 0 saturated carbocycles. The van der Waals surface area contributed by atoms with E-state index in [-0.39, 0.29) is 0 Å². The highest BCUT2D eigenvalue weighted by Gasteiger charge is 2.16. The van der Waals surface area contributed by atoms with Crippen molar-refractivity contribution < 1.29 is 4.79 Å². The molecule has 0 fully saturated rings. The summed E-state index contributed by atoms with van der Waals surface area (Å²) in [5.41, 5.74) is 2.74. The number of benzene rings is 1. The van der Waals surface area contributed by atoms with Gasteiger partial charge in [-0.15, -0.1) is 5.10 Å². The largest absolute Gasteiger partial charge is 0.296 e. The summed E-state index contributed by atoms with van der Waals surface area (Å²) in [6, 6.07) is 13.1. The molecule has 0 aliphatic rings. The second kappa shape index (κ2) is 3.99. The van der Waals surface area contributed by atoms with Crippen molar-refractivity contribution in [2.75, 3.05) is 0 Å². The maximum Gasteiger partial charge on any atom is 0.185 e. The Labute approximate surface area is 113 Å². The van der Waals surface area contributed by atoms with Crippen molar-refractivity contribution in [3.63, 3.8) is 0 Å². The number of nitrogens with zero attached hydrogens (tertiary/aromatic N) is 5. The van der Waals surface area contributed by atoms with Crippen LogP contribution in [0.2, 0.25) is 0 Å². The molecular weight excluding hydrogens is 254 g/mol. The standard InChI is InChI=1S/C14H9N5O/c20-9-12-14(15-13-7-3-4-8-18(12)13)19-11-6-2-1-5-10(11)16-17-19/h1-9H. The molecule has 0 spiro atoms. The number of pyridine rings is 1. The summed E-state index contributed by atoms with van der Waals surface area (Å²) in [5.74, 6) is 0.486. The summed E-state index contributed by atoms with van der Waals surface area (Å²) in [7, 11) is 0. The van der Waals surface area contributed by atoms with Crippen molar-refractivity contribution in [3.8, 4) is 5.82 Å². The third-order valence-corrected chi connectivity index (χ3v) is 3.21. The molecule has 0 N–H and O–H groups in total. The first-order valence-corrected chi connectivity index (χ1v) is 6.11. The van der Waals surface area contributed by atoms with E-state index in [4.69, 9.17) is 0 Å². The van der Waals surface area contributed by atoms with Gasteiger partial charge in [0, 0.05) is 6.20 Å². The molecule has 3 heterocycles. The van der Waals surface area contributed by atoms with Crippen molar-refractivity contribution in [3.05, 3.63) is 54.4 Å². The number of fused-ring (bicyclic) bond motifs is 2. The van der Waals surface area contributed by atoms with Crippen LogP contribution in [0.4, 0.5) is 0 Å². The van der Waals surface area contributed by atoms with E-state index in [1.165, 1.54) is 0 Å². The van der Waals surface area contributed by atoms with E-state index < -0.39 is 0 Å². The van der Waals surface area contributed by atoms with Gasteiger partial charge < -0.3 is 0 Å². The Bertz CT molecular complexity index is 937. The normalized spacial score (nSPS) is 11.2. The van der Waals surface area contributed by atoms with Crippen LogP contribution in [0.15, 0.2) is 48.7 Å². The van der Waals surface area contributed by atoms with Crippen molar-refractivity contribution in [1.82, 2.24) is 24.4 Å². The summed E-state index contributed by atoms with van der Waals surface area (Å²) in [4.78, 5) is 15.9. The van der Waals surface area contributed by atoms with Crippen LogP contribution < -0.4 is 0 Å². The van der Waals surface area contributed by atoms with E-state index in [0.717, 1.165) is 17.3 Å². The molecule has 0 unspecified atom stereocenters. The topological polar surface area (TPSA) is 65.1 Å². The van der Waals surface area contributed by atoms with Gasteiger partial charge in [0.25, 0.3) is 0 Å². The Hall–Kier alpha value is -3.02. The maximum atomic E-state index is 11.4. The Morgan fingerprint density at radius 1 is 1.05 bits per heavy atom. The molecular formula is C14H9N5O. The van der Waals surface area contributed by atoms with Crippen LogP contribution in [-0.4, -0.2) is 30.7 Å². The molecule has 20 heavy (non-hydrogen) atoms. The Morgan fingerprint density at radius 3 is 2.80 bits per heavy atom. The number of para-hydroxylation sites is 1. The number of imidazole rings is 1. The summed E-state index contributed by atoms with van der Waals surface area (Å²) in [6.07, 6.45) is 2.58. The summed E-state index contributed by atoms with van der Waals surface area (Å²) in [5, 5.41) is 8.19. The maximum absolute atomic E-state index is 11.4. The number of hydrogen-bond donors (Lipinski definition) is 0. The molecule has 0 aliphatic heterocycles. The monoisotopic (exact) mass is 263 g/mol. The third kappa shape index (κ3) is 1.38. The fourth-order valence-electron chi connectivity index (χ4n) is 2.29. The number of aldehydes is 1. The van der Waals surface area contributed by atoms with Gasteiger partial charge in [0.2, 0.25) is 0 Å². The average Bonchev–Trinajstić information content (AvgIpc) is 3.07. The Balaban J connectivity index is 2.09. The van der Waals surface area contributed by atoms with Gasteiger partial charge in [-0.25, -0.2) is 4.98 Å². The van der Waals surface area contributed by atoms with Crippen molar-refractivity contribution in [2.24, 2.45) is 0 Å². The highest BCUT2D eigenvalue weighted by molar-refractivity contribution is 5.83. The van der Waals surface area contributed by atoms with Crippen LogP contribution >= 0.6 is 0 Å². The third-order valence-electron chi connectivity index (χ3n) is 3.21. The Kier molecular flexibility index (Phi) is 2.17. The summed E-state index contributed by atoms with van der Waals surface area (Å²) in [6.45, 7) is 0. The number of carbonyl (C=O) groups excluding carboxylic acids is 1. The van der Waals surface area contributed by atoms with Gasteiger partial charge in [0.05, 0.1) is 5.52 Å². The molecule has 0 atom stereocenters. The molecule has 0 aliphatic carbocycles. The van der Waals surface area contributed by atoms with Gasteiger partial charge in [0.1, 0.15) is 16.9 Å². The minimum atomic E-state index is 0.455. The van der Waals surface area contributed by atoms with E-state index >= 15 is 0 Å². The van der Waals surface area contributed by atoms with Crippen molar-refractivity contribution >= 4 is 23.0 Å². The van der Waals surface area contributed by atoms with Gasteiger partial charge >= 0.3 is 0 Å². The lowest BCUT2D eigenvalue weighted by Crippen LogP contribution is -2.01. The molecule has 96 valence electrons. The molecule has 0 amide bonds. The molecule has 4 rings (SSSR count). The van der Waals surface area contributed by atoms with Crippen molar-refractivity contribution in [1.29, 1.82) is 0 Å². The lowest BCUT2D eigenvalue weighted by atomic mass is 10.3. The number of carbonyl (C=O) groups is 1. The minimum absolute atomic E-state index is 0.455. The molecule has 0 radical (unpaired) electrons. The highest BCUT2D eigenvalue weighted by Crippen LogP contribution is 2.19. The summed E-state index contributed by atoms with van der Waals surface area (Å²) >= 11 is 0. The SMILES string of the molecule is O=Cc1c(-n2nnc3ccccc32)nc2ccccn12. The Morgan fingerprint density at radius 2 is 1.90 bits per heavy atom. The zero-order valence-corrected chi connectivity index (χ0v) is 10.3. The molecule has 4 aromatic rings. The second-order valence-electron chi connectivity index (χ2n) is 4.36. The van der Waals surface area contributed by atoms with Crippen LogP contribution in [0.1, 0.15) is 10.5 Å². The lowest BCUT2D eigenvalue weighted by Gasteiger charge is -1.98. The predicted molar refractivity (Wildman–Crippen MR) is 73.0 cm³/mol. The van der Waals surface area contributed by atoms with Gasteiger partial charge in [-0.05, 0) is 24.3 Å². The van der Waals surface area contributed by atoms with Gasteiger partial charge in [-0.2, -0.15) is 4.68 Å². The zero-order valence-electron chi connectivity index (χ0n) is 10.3. The number of aromatic nitrogens is 5. The first-order chi connectivity index (χ1) is 9.88. The van der Waals surface area contributed by atoms with Gasteiger partial charge in [-0.3, -0.25) is 9.20 Å².